The SMILES string of the molecule is Cc1nc(-c2cccc(NC(=O)N3CC(C)OC(C)C3)c2)oc1C. The normalized spacial score (nSPS) is 20.9. The van der Waals surface area contributed by atoms with Gasteiger partial charge in [-0.1, -0.05) is 6.07 Å². The second-order valence-corrected chi connectivity index (χ2v) is 6.33. The molecule has 3 rings (SSSR count). The lowest BCUT2D eigenvalue weighted by molar-refractivity contribution is -0.0530. The van der Waals surface area contributed by atoms with E-state index in [4.69, 9.17) is 9.15 Å². The summed E-state index contributed by atoms with van der Waals surface area (Å²) in [6.07, 6.45) is 0.0909. The van der Waals surface area contributed by atoms with Gasteiger partial charge in [0.2, 0.25) is 5.89 Å². The quantitative estimate of drug-likeness (QED) is 0.914. The molecule has 0 aliphatic carbocycles. The molecule has 1 saturated heterocycles. The summed E-state index contributed by atoms with van der Waals surface area (Å²) in [4.78, 5) is 18.7. The molecule has 2 heterocycles. The Bertz CT molecular complexity index is 711. The highest BCUT2D eigenvalue weighted by Gasteiger charge is 2.25. The summed E-state index contributed by atoms with van der Waals surface area (Å²) < 4.78 is 11.3. The topological polar surface area (TPSA) is 67.6 Å². The third kappa shape index (κ3) is 3.59. The summed E-state index contributed by atoms with van der Waals surface area (Å²) in [7, 11) is 0. The number of rotatable bonds is 2. The Morgan fingerprint density at radius 1 is 1.25 bits per heavy atom. The average Bonchev–Trinajstić information content (AvgIpc) is 2.86. The number of ether oxygens (including phenoxy) is 1. The summed E-state index contributed by atoms with van der Waals surface area (Å²) in [5.74, 6) is 1.37. The van der Waals surface area contributed by atoms with Crippen molar-refractivity contribution in [3.05, 3.63) is 35.7 Å². The van der Waals surface area contributed by atoms with Gasteiger partial charge in [0.15, 0.2) is 0 Å². The molecule has 2 aromatic rings. The predicted molar refractivity (Wildman–Crippen MR) is 92.0 cm³/mol. The van der Waals surface area contributed by atoms with E-state index in [1.807, 2.05) is 52.0 Å². The number of carbonyl (C=O) groups is 1. The summed E-state index contributed by atoms with van der Waals surface area (Å²) >= 11 is 0. The van der Waals surface area contributed by atoms with Crippen LogP contribution in [0.25, 0.3) is 11.5 Å². The van der Waals surface area contributed by atoms with Crippen LogP contribution in [-0.4, -0.2) is 41.2 Å². The molecule has 1 aliphatic rings. The molecule has 2 amide bonds. The van der Waals surface area contributed by atoms with Crippen LogP contribution in [-0.2, 0) is 4.74 Å². The number of aryl methyl sites for hydroxylation is 2. The van der Waals surface area contributed by atoms with E-state index >= 15 is 0 Å². The van der Waals surface area contributed by atoms with E-state index in [2.05, 4.69) is 10.3 Å². The van der Waals surface area contributed by atoms with Crippen LogP contribution < -0.4 is 5.32 Å². The largest absolute Gasteiger partial charge is 0.441 e. The maximum absolute atomic E-state index is 12.5. The molecule has 0 saturated carbocycles. The smallest absolute Gasteiger partial charge is 0.322 e. The number of nitrogens with one attached hydrogen (secondary N) is 1. The maximum atomic E-state index is 12.5. The van der Waals surface area contributed by atoms with Gasteiger partial charge >= 0.3 is 6.03 Å². The zero-order valence-electron chi connectivity index (χ0n) is 14.5. The molecule has 1 aromatic carbocycles. The van der Waals surface area contributed by atoms with Gasteiger partial charge in [-0.25, -0.2) is 9.78 Å². The second-order valence-electron chi connectivity index (χ2n) is 6.33. The molecule has 24 heavy (non-hydrogen) atoms. The van der Waals surface area contributed by atoms with Crippen LogP contribution in [0.2, 0.25) is 0 Å². The Morgan fingerprint density at radius 2 is 1.96 bits per heavy atom. The zero-order valence-corrected chi connectivity index (χ0v) is 14.5. The van der Waals surface area contributed by atoms with Crippen LogP contribution in [0.3, 0.4) is 0 Å². The lowest BCUT2D eigenvalue weighted by atomic mass is 10.2. The molecule has 1 aromatic heterocycles. The first kappa shape index (κ1) is 16.5. The lowest BCUT2D eigenvalue weighted by Crippen LogP contribution is -2.49. The van der Waals surface area contributed by atoms with E-state index < -0.39 is 0 Å². The first-order valence-corrected chi connectivity index (χ1v) is 8.18. The fourth-order valence-corrected chi connectivity index (χ4v) is 2.87. The van der Waals surface area contributed by atoms with Gasteiger partial charge in [-0.15, -0.1) is 0 Å². The minimum absolute atomic E-state index is 0.0455. The van der Waals surface area contributed by atoms with Gasteiger partial charge in [0.25, 0.3) is 0 Å². The summed E-state index contributed by atoms with van der Waals surface area (Å²) in [6.45, 7) is 8.93. The number of carbonyl (C=O) groups excluding carboxylic acids is 1. The average molecular weight is 329 g/mol. The lowest BCUT2D eigenvalue weighted by Gasteiger charge is -2.35. The van der Waals surface area contributed by atoms with Crippen molar-refractivity contribution in [2.75, 3.05) is 18.4 Å². The number of morpholine rings is 1. The van der Waals surface area contributed by atoms with E-state index in [1.54, 1.807) is 4.90 Å². The van der Waals surface area contributed by atoms with Crippen molar-refractivity contribution in [1.82, 2.24) is 9.88 Å². The molecule has 0 bridgehead atoms. The maximum Gasteiger partial charge on any atom is 0.322 e. The number of urea groups is 1. The number of aromatic nitrogens is 1. The first-order valence-electron chi connectivity index (χ1n) is 8.18. The van der Waals surface area contributed by atoms with E-state index in [9.17, 15) is 4.79 Å². The predicted octanol–water partition coefficient (Wildman–Crippen LogP) is 3.60. The number of oxazole rings is 1. The zero-order chi connectivity index (χ0) is 17.3. The van der Waals surface area contributed by atoms with Crippen molar-refractivity contribution in [3.63, 3.8) is 0 Å². The molecule has 1 fully saturated rings. The summed E-state index contributed by atoms with van der Waals surface area (Å²) in [6, 6.07) is 7.41. The minimum Gasteiger partial charge on any atom is -0.441 e. The molecule has 2 atom stereocenters. The second kappa shape index (κ2) is 6.65. The molecule has 0 spiro atoms. The Morgan fingerprint density at radius 3 is 2.58 bits per heavy atom. The molecule has 6 nitrogen and oxygen atoms in total. The molecule has 6 heteroatoms. The number of anilines is 1. The fraction of sp³-hybridized carbons (Fsp3) is 0.444. The Balaban J connectivity index is 1.73. The highest BCUT2D eigenvalue weighted by atomic mass is 16.5. The van der Waals surface area contributed by atoms with Crippen molar-refractivity contribution >= 4 is 11.7 Å². The van der Waals surface area contributed by atoms with Gasteiger partial charge in [0, 0.05) is 24.3 Å². The van der Waals surface area contributed by atoms with E-state index in [0.29, 0.717) is 19.0 Å². The van der Waals surface area contributed by atoms with Gasteiger partial charge in [0.1, 0.15) is 5.76 Å². The van der Waals surface area contributed by atoms with Crippen molar-refractivity contribution in [2.24, 2.45) is 0 Å². The number of hydrogen-bond donors (Lipinski definition) is 1. The molecular formula is C18H23N3O3. The molecule has 128 valence electrons. The van der Waals surface area contributed by atoms with Gasteiger partial charge in [-0.3, -0.25) is 0 Å². The van der Waals surface area contributed by atoms with Gasteiger partial charge < -0.3 is 19.4 Å². The van der Waals surface area contributed by atoms with E-state index in [-0.39, 0.29) is 18.2 Å². The van der Waals surface area contributed by atoms with Gasteiger partial charge in [-0.05, 0) is 45.9 Å². The summed E-state index contributed by atoms with van der Waals surface area (Å²) in [5, 5.41) is 2.95. The monoisotopic (exact) mass is 329 g/mol. The Hall–Kier alpha value is -2.34. The summed E-state index contributed by atoms with van der Waals surface area (Å²) in [5.41, 5.74) is 2.43. The van der Waals surface area contributed by atoms with Crippen molar-refractivity contribution in [2.45, 2.75) is 39.9 Å². The standard InChI is InChI=1S/C18H23N3O3/c1-11-9-21(10-12(2)23-11)18(22)20-16-7-5-6-15(8-16)17-19-13(3)14(4)24-17/h5-8,11-12H,9-10H2,1-4H3,(H,20,22). The third-order valence-corrected chi connectivity index (χ3v) is 4.10. The van der Waals surface area contributed by atoms with Crippen molar-refractivity contribution in [3.8, 4) is 11.5 Å². The molecule has 1 N–H and O–H groups in total. The molecule has 2 unspecified atom stereocenters. The van der Waals surface area contributed by atoms with E-state index in [1.165, 1.54) is 0 Å². The van der Waals surface area contributed by atoms with Gasteiger partial charge in [0.05, 0.1) is 17.9 Å². The van der Waals surface area contributed by atoms with Gasteiger partial charge in [-0.2, -0.15) is 0 Å². The molecule has 1 aliphatic heterocycles. The highest BCUT2D eigenvalue weighted by molar-refractivity contribution is 5.90. The number of amides is 2. The van der Waals surface area contributed by atoms with Crippen molar-refractivity contribution in [1.29, 1.82) is 0 Å². The highest BCUT2D eigenvalue weighted by Crippen LogP contribution is 2.24. The van der Waals surface area contributed by atoms with Crippen LogP contribution in [0.1, 0.15) is 25.3 Å². The fourth-order valence-electron chi connectivity index (χ4n) is 2.87. The molecular weight excluding hydrogens is 306 g/mol. The van der Waals surface area contributed by atoms with E-state index in [0.717, 1.165) is 22.7 Å². The third-order valence-electron chi connectivity index (χ3n) is 4.10. The first-order chi connectivity index (χ1) is 11.4. The van der Waals surface area contributed by atoms with Crippen LogP contribution in [0.4, 0.5) is 10.5 Å². The molecule has 0 radical (unpaired) electrons. The minimum atomic E-state index is -0.117. The number of nitrogens with zero attached hydrogens (tertiary/aromatic N) is 2. The Labute approximate surface area is 141 Å². The van der Waals surface area contributed by atoms with Crippen molar-refractivity contribution < 1.29 is 13.9 Å². The van der Waals surface area contributed by atoms with Crippen LogP contribution >= 0.6 is 0 Å². The van der Waals surface area contributed by atoms with Crippen LogP contribution in [0.5, 0.6) is 0 Å². The number of hydrogen-bond acceptors (Lipinski definition) is 4. The van der Waals surface area contributed by atoms with Crippen LogP contribution in [0.15, 0.2) is 28.7 Å². The number of benzene rings is 1. The van der Waals surface area contributed by atoms with Crippen LogP contribution in [0, 0.1) is 13.8 Å². The Kier molecular flexibility index (Phi) is 4.57.